The zero-order valence-electron chi connectivity index (χ0n) is 13.3. The van der Waals surface area contributed by atoms with Crippen LogP contribution in [-0.4, -0.2) is 19.8 Å². The first-order valence-electron chi connectivity index (χ1n) is 8.43. The molecule has 0 radical (unpaired) electrons. The minimum absolute atomic E-state index is 0.156. The van der Waals surface area contributed by atoms with Crippen LogP contribution in [0.2, 0.25) is 0 Å². The molecular weight excluding hydrogens is 316 g/mol. The second-order valence-corrected chi connectivity index (χ2v) is 6.51. The normalized spacial score (nSPS) is 21.1. The molecule has 6 rings (SSSR count). The molecule has 25 heavy (non-hydrogen) atoms. The Balaban J connectivity index is 1.48. The molecule has 1 saturated heterocycles. The van der Waals surface area contributed by atoms with Crippen LogP contribution in [0.1, 0.15) is 36.2 Å². The van der Waals surface area contributed by atoms with E-state index in [9.17, 15) is 0 Å². The Kier molecular flexibility index (Phi) is 2.54. The second kappa shape index (κ2) is 4.77. The summed E-state index contributed by atoms with van der Waals surface area (Å²) >= 11 is 0. The summed E-state index contributed by atoms with van der Waals surface area (Å²) < 4.78 is 13.4. The van der Waals surface area contributed by atoms with Gasteiger partial charge in [0, 0.05) is 11.8 Å². The summed E-state index contributed by atoms with van der Waals surface area (Å²) in [6.45, 7) is 0. The largest absolute Gasteiger partial charge is 0.366 e. The van der Waals surface area contributed by atoms with Crippen molar-refractivity contribution >= 4 is 5.52 Å². The number of nitrogens with zero attached hydrogens (tertiary/aromatic N) is 4. The highest BCUT2D eigenvalue weighted by atomic mass is 16.5. The Morgan fingerprint density at radius 2 is 1.96 bits per heavy atom. The molecule has 0 amide bonds. The van der Waals surface area contributed by atoms with E-state index < -0.39 is 0 Å². The van der Waals surface area contributed by atoms with Crippen molar-refractivity contribution in [2.75, 3.05) is 0 Å². The predicted molar refractivity (Wildman–Crippen MR) is 89.7 cm³/mol. The minimum atomic E-state index is 0.156. The zero-order chi connectivity index (χ0) is 16.4. The Bertz CT molecular complexity index is 1110. The molecule has 1 fully saturated rings. The van der Waals surface area contributed by atoms with Gasteiger partial charge in [-0.15, -0.1) is 0 Å². The van der Waals surface area contributed by atoms with Gasteiger partial charge in [-0.3, -0.25) is 0 Å². The number of ether oxygens (including phenoxy) is 1. The summed E-state index contributed by atoms with van der Waals surface area (Å²) in [7, 11) is 0. The fourth-order valence-electron chi connectivity index (χ4n) is 4.04. The summed E-state index contributed by atoms with van der Waals surface area (Å²) in [5.41, 5.74) is 5.29. The van der Waals surface area contributed by atoms with Crippen molar-refractivity contribution in [2.45, 2.75) is 25.0 Å². The molecular formula is C19H14N4O2. The summed E-state index contributed by atoms with van der Waals surface area (Å²) in [6, 6.07) is 12.1. The van der Waals surface area contributed by atoms with Gasteiger partial charge in [0.1, 0.15) is 0 Å². The van der Waals surface area contributed by atoms with Crippen molar-refractivity contribution in [2.24, 2.45) is 0 Å². The Morgan fingerprint density at radius 1 is 1.00 bits per heavy atom. The van der Waals surface area contributed by atoms with Gasteiger partial charge in [-0.25, -0.2) is 4.52 Å². The van der Waals surface area contributed by atoms with Gasteiger partial charge in [-0.2, -0.15) is 10.1 Å². The molecule has 0 saturated carbocycles. The van der Waals surface area contributed by atoms with Gasteiger partial charge in [-0.05, 0) is 42.2 Å². The smallest absolute Gasteiger partial charge is 0.258 e. The number of aromatic nitrogens is 4. The molecule has 3 aromatic heterocycles. The third-order valence-corrected chi connectivity index (χ3v) is 5.15. The quantitative estimate of drug-likeness (QED) is 0.556. The highest BCUT2D eigenvalue weighted by Gasteiger charge is 2.40. The summed E-state index contributed by atoms with van der Waals surface area (Å²) in [5, 5.41) is 8.53. The van der Waals surface area contributed by atoms with Gasteiger partial charge in [-0.1, -0.05) is 23.4 Å². The molecule has 0 aliphatic carbocycles. The average Bonchev–Trinajstić information content (AvgIpc) is 3.43. The fraction of sp³-hybridized carbons (Fsp3) is 0.211. The summed E-state index contributed by atoms with van der Waals surface area (Å²) in [4.78, 5) is 4.65. The lowest BCUT2D eigenvalue weighted by Crippen LogP contribution is -2.00. The van der Waals surface area contributed by atoms with Crippen LogP contribution in [0, 0.1) is 0 Å². The van der Waals surface area contributed by atoms with Crippen LogP contribution in [0.5, 0.6) is 0 Å². The van der Waals surface area contributed by atoms with Gasteiger partial charge in [0.25, 0.3) is 5.89 Å². The number of pyridine rings is 1. The SMILES string of the molecule is c1cc(-c2nc(-c3cnn4ccccc34)no2)c2c(c1)C1CCC2O1. The monoisotopic (exact) mass is 330 g/mol. The van der Waals surface area contributed by atoms with Crippen molar-refractivity contribution in [1.82, 2.24) is 19.8 Å². The van der Waals surface area contributed by atoms with Gasteiger partial charge in [0.05, 0.1) is 29.5 Å². The molecule has 2 atom stereocenters. The molecule has 2 bridgehead atoms. The maximum absolute atomic E-state index is 6.04. The van der Waals surface area contributed by atoms with Crippen LogP contribution in [0.15, 0.2) is 53.3 Å². The Morgan fingerprint density at radius 3 is 2.96 bits per heavy atom. The first-order chi connectivity index (χ1) is 12.4. The zero-order valence-corrected chi connectivity index (χ0v) is 13.3. The molecule has 0 N–H and O–H groups in total. The van der Waals surface area contributed by atoms with E-state index in [4.69, 9.17) is 9.26 Å². The highest BCUT2D eigenvalue weighted by Crippen LogP contribution is 2.53. The number of hydrogen-bond acceptors (Lipinski definition) is 5. The van der Waals surface area contributed by atoms with E-state index in [1.807, 2.05) is 36.5 Å². The van der Waals surface area contributed by atoms with Gasteiger partial charge in [0.2, 0.25) is 5.82 Å². The second-order valence-electron chi connectivity index (χ2n) is 6.51. The molecule has 122 valence electrons. The van der Waals surface area contributed by atoms with Crippen LogP contribution < -0.4 is 0 Å². The van der Waals surface area contributed by atoms with E-state index in [1.54, 1.807) is 10.7 Å². The van der Waals surface area contributed by atoms with E-state index in [-0.39, 0.29) is 12.2 Å². The molecule has 1 aromatic carbocycles. The Labute approximate surface area is 143 Å². The third kappa shape index (κ3) is 1.80. The van der Waals surface area contributed by atoms with Crippen molar-refractivity contribution in [1.29, 1.82) is 0 Å². The van der Waals surface area contributed by atoms with E-state index in [0.717, 1.165) is 29.5 Å². The lowest BCUT2D eigenvalue weighted by atomic mass is 9.88. The molecule has 2 unspecified atom stereocenters. The van der Waals surface area contributed by atoms with E-state index >= 15 is 0 Å². The van der Waals surface area contributed by atoms with Crippen molar-refractivity contribution in [3.63, 3.8) is 0 Å². The van der Waals surface area contributed by atoms with Crippen molar-refractivity contribution < 1.29 is 9.26 Å². The number of benzene rings is 1. The van der Waals surface area contributed by atoms with Crippen LogP contribution in [-0.2, 0) is 4.74 Å². The van der Waals surface area contributed by atoms with Crippen LogP contribution in [0.25, 0.3) is 28.4 Å². The number of rotatable bonds is 2. The highest BCUT2D eigenvalue weighted by molar-refractivity contribution is 5.76. The predicted octanol–water partition coefficient (Wildman–Crippen LogP) is 3.96. The molecule has 6 heteroatoms. The minimum Gasteiger partial charge on any atom is -0.366 e. The molecule has 0 spiro atoms. The molecule has 5 heterocycles. The molecule has 6 nitrogen and oxygen atoms in total. The maximum atomic E-state index is 6.04. The lowest BCUT2D eigenvalue weighted by Gasteiger charge is -2.13. The Hall–Kier alpha value is -2.99. The number of fused-ring (bicyclic) bond motifs is 6. The van der Waals surface area contributed by atoms with E-state index in [0.29, 0.717) is 11.7 Å². The lowest BCUT2D eigenvalue weighted by molar-refractivity contribution is 0.0718. The van der Waals surface area contributed by atoms with Gasteiger partial charge < -0.3 is 9.26 Å². The van der Waals surface area contributed by atoms with Crippen LogP contribution in [0.3, 0.4) is 0 Å². The van der Waals surface area contributed by atoms with Crippen LogP contribution >= 0.6 is 0 Å². The summed E-state index contributed by atoms with van der Waals surface area (Å²) in [5.74, 6) is 1.09. The van der Waals surface area contributed by atoms with Gasteiger partial charge in [0.15, 0.2) is 0 Å². The maximum Gasteiger partial charge on any atom is 0.258 e. The van der Waals surface area contributed by atoms with Crippen LogP contribution in [0.4, 0.5) is 0 Å². The van der Waals surface area contributed by atoms with Gasteiger partial charge >= 0.3 is 0 Å². The van der Waals surface area contributed by atoms with E-state index in [2.05, 4.69) is 21.3 Å². The first-order valence-corrected chi connectivity index (χ1v) is 8.43. The fourth-order valence-corrected chi connectivity index (χ4v) is 4.04. The van der Waals surface area contributed by atoms with Crippen molar-refractivity contribution in [3.8, 4) is 22.8 Å². The molecule has 4 aromatic rings. The molecule has 2 aliphatic rings. The standard InChI is InChI=1S/C19H14N4O2/c1-2-9-23-14(6-1)13(10-20-23)18-21-19(25-22-18)12-5-3-4-11-15-7-8-16(24-15)17(11)12/h1-6,9-10,15-16H,7-8H2. The third-order valence-electron chi connectivity index (χ3n) is 5.15. The van der Waals surface area contributed by atoms with E-state index in [1.165, 1.54) is 11.1 Å². The number of hydrogen-bond donors (Lipinski definition) is 0. The van der Waals surface area contributed by atoms with Crippen molar-refractivity contribution in [3.05, 3.63) is 59.9 Å². The first kappa shape index (κ1) is 13.3. The topological polar surface area (TPSA) is 65.5 Å². The molecule has 2 aliphatic heterocycles. The average molecular weight is 330 g/mol. The summed E-state index contributed by atoms with van der Waals surface area (Å²) in [6.07, 6.45) is 6.20.